The van der Waals surface area contributed by atoms with Crippen LogP contribution in [0.5, 0.6) is 0 Å². The number of anilines is 1. The van der Waals surface area contributed by atoms with Gasteiger partial charge in [-0.05, 0) is 13.3 Å². The van der Waals surface area contributed by atoms with Crippen LogP contribution < -0.4 is 10.6 Å². The molecule has 0 aliphatic carbocycles. The second-order valence-corrected chi connectivity index (χ2v) is 6.57. The molecule has 2 N–H and O–H groups in total. The summed E-state index contributed by atoms with van der Waals surface area (Å²) >= 11 is 6.16. The van der Waals surface area contributed by atoms with Crippen molar-refractivity contribution in [2.24, 2.45) is 0 Å². The molecule has 1 aliphatic rings. The van der Waals surface area contributed by atoms with Crippen molar-refractivity contribution in [3.8, 4) is 0 Å². The number of hydrogen-bond acceptors (Lipinski definition) is 5. The molecule has 1 saturated heterocycles. The third-order valence-electron chi connectivity index (χ3n) is 3.31. The standard InChI is InChI=1S/C14H19ClN4O2/c1-7-10(15)18-13(14(2,3)4)19-11(7)16-8-5-6-9(20)17-12(8)21/h8H,5-6H2,1-4H3,(H,16,18,19)(H,17,20,21). The maximum Gasteiger partial charge on any atom is 0.249 e. The Balaban J connectivity index is 2.29. The monoisotopic (exact) mass is 310 g/mol. The highest BCUT2D eigenvalue weighted by molar-refractivity contribution is 6.30. The van der Waals surface area contributed by atoms with Crippen LogP contribution in [-0.2, 0) is 15.0 Å². The zero-order chi connectivity index (χ0) is 15.8. The maximum atomic E-state index is 11.8. The molecule has 1 aromatic heterocycles. The summed E-state index contributed by atoms with van der Waals surface area (Å²) < 4.78 is 0. The highest BCUT2D eigenvalue weighted by atomic mass is 35.5. The third-order valence-corrected chi connectivity index (χ3v) is 3.68. The minimum absolute atomic E-state index is 0.245. The van der Waals surface area contributed by atoms with Crippen LogP contribution in [0.1, 0.15) is 45.0 Å². The fraction of sp³-hybridized carbons (Fsp3) is 0.571. The average Bonchev–Trinajstić information content (AvgIpc) is 2.36. The predicted molar refractivity (Wildman–Crippen MR) is 80.3 cm³/mol. The predicted octanol–water partition coefficient (Wildman–Crippen LogP) is 1.95. The molecular weight excluding hydrogens is 292 g/mol. The Hall–Kier alpha value is -1.69. The molecule has 114 valence electrons. The molecule has 1 aromatic rings. The van der Waals surface area contributed by atoms with Crippen molar-refractivity contribution in [2.75, 3.05) is 5.32 Å². The second-order valence-electron chi connectivity index (χ2n) is 6.21. The van der Waals surface area contributed by atoms with Crippen LogP contribution in [0.2, 0.25) is 5.15 Å². The van der Waals surface area contributed by atoms with Crippen LogP contribution in [0, 0.1) is 6.92 Å². The van der Waals surface area contributed by atoms with Crippen molar-refractivity contribution in [3.63, 3.8) is 0 Å². The smallest absolute Gasteiger partial charge is 0.249 e. The van der Waals surface area contributed by atoms with Gasteiger partial charge in [0.2, 0.25) is 11.8 Å². The topological polar surface area (TPSA) is 84.0 Å². The largest absolute Gasteiger partial charge is 0.358 e. The minimum Gasteiger partial charge on any atom is -0.358 e. The summed E-state index contributed by atoms with van der Waals surface area (Å²) in [5, 5.41) is 5.75. The molecule has 1 fully saturated rings. The molecule has 0 radical (unpaired) electrons. The first-order chi connectivity index (χ1) is 9.68. The number of carbonyl (C=O) groups excluding carboxylic acids is 2. The molecule has 6 nitrogen and oxygen atoms in total. The van der Waals surface area contributed by atoms with Crippen LogP contribution in [0.3, 0.4) is 0 Å². The number of hydrogen-bond donors (Lipinski definition) is 2. The lowest BCUT2D eigenvalue weighted by Crippen LogP contribution is -2.47. The summed E-state index contributed by atoms with van der Waals surface area (Å²) in [6.45, 7) is 7.76. The van der Waals surface area contributed by atoms with E-state index in [1.165, 1.54) is 0 Å². The van der Waals surface area contributed by atoms with Gasteiger partial charge in [0.1, 0.15) is 22.8 Å². The number of nitrogens with one attached hydrogen (secondary N) is 2. The normalized spacial score (nSPS) is 19.4. The van der Waals surface area contributed by atoms with E-state index in [1.54, 1.807) is 6.92 Å². The molecule has 1 atom stereocenters. The Morgan fingerprint density at radius 1 is 1.29 bits per heavy atom. The second kappa shape index (κ2) is 5.60. The number of halogens is 1. The molecule has 2 amide bonds. The molecule has 0 saturated carbocycles. The van der Waals surface area contributed by atoms with Gasteiger partial charge < -0.3 is 5.32 Å². The van der Waals surface area contributed by atoms with Gasteiger partial charge in [0.15, 0.2) is 0 Å². The summed E-state index contributed by atoms with van der Waals surface area (Å²) in [7, 11) is 0. The van der Waals surface area contributed by atoms with Gasteiger partial charge in [-0.15, -0.1) is 0 Å². The fourth-order valence-corrected chi connectivity index (χ4v) is 2.13. The van der Waals surface area contributed by atoms with Gasteiger partial charge in [-0.1, -0.05) is 32.4 Å². The molecule has 1 aliphatic heterocycles. The lowest BCUT2D eigenvalue weighted by Gasteiger charge is -2.25. The van der Waals surface area contributed by atoms with Gasteiger partial charge in [0.05, 0.1) is 0 Å². The molecule has 0 spiro atoms. The van der Waals surface area contributed by atoms with E-state index >= 15 is 0 Å². The zero-order valence-electron chi connectivity index (χ0n) is 12.6. The molecule has 1 unspecified atom stereocenters. The van der Waals surface area contributed by atoms with E-state index in [2.05, 4.69) is 20.6 Å². The zero-order valence-corrected chi connectivity index (χ0v) is 13.3. The van der Waals surface area contributed by atoms with Gasteiger partial charge in [0, 0.05) is 17.4 Å². The minimum atomic E-state index is -0.486. The molecule has 0 bridgehead atoms. The fourth-order valence-electron chi connectivity index (χ4n) is 1.96. The molecule has 2 heterocycles. The Morgan fingerprint density at radius 3 is 2.52 bits per heavy atom. The number of rotatable bonds is 2. The maximum absolute atomic E-state index is 11.8. The Labute approximate surface area is 128 Å². The number of aromatic nitrogens is 2. The molecule has 7 heteroatoms. The SMILES string of the molecule is Cc1c(Cl)nc(C(C)(C)C)nc1NC1CCC(=O)NC1=O. The van der Waals surface area contributed by atoms with Crippen molar-refractivity contribution >= 4 is 29.2 Å². The van der Waals surface area contributed by atoms with Gasteiger partial charge in [-0.2, -0.15) is 0 Å². The lowest BCUT2D eigenvalue weighted by atomic mass is 9.95. The number of nitrogens with zero attached hydrogens (tertiary/aromatic N) is 2. The van der Waals surface area contributed by atoms with Crippen LogP contribution >= 0.6 is 11.6 Å². The number of imide groups is 1. The van der Waals surface area contributed by atoms with E-state index in [4.69, 9.17) is 11.6 Å². The van der Waals surface area contributed by atoms with E-state index in [0.717, 1.165) is 0 Å². The van der Waals surface area contributed by atoms with Crippen molar-refractivity contribution in [2.45, 2.75) is 52.0 Å². The number of carbonyl (C=O) groups is 2. The molecule has 2 rings (SSSR count). The van der Waals surface area contributed by atoms with Crippen molar-refractivity contribution in [1.29, 1.82) is 0 Å². The average molecular weight is 311 g/mol. The van der Waals surface area contributed by atoms with E-state index < -0.39 is 6.04 Å². The third kappa shape index (κ3) is 3.50. The van der Waals surface area contributed by atoms with Crippen LogP contribution in [0.4, 0.5) is 5.82 Å². The first kappa shape index (κ1) is 15.7. The summed E-state index contributed by atoms with van der Waals surface area (Å²) in [6.07, 6.45) is 0.754. The number of piperidine rings is 1. The summed E-state index contributed by atoms with van der Waals surface area (Å²) in [4.78, 5) is 31.8. The molecular formula is C14H19ClN4O2. The van der Waals surface area contributed by atoms with E-state index in [9.17, 15) is 9.59 Å². The van der Waals surface area contributed by atoms with Crippen LogP contribution in [-0.4, -0.2) is 27.8 Å². The Morgan fingerprint density at radius 2 is 1.95 bits per heavy atom. The summed E-state index contributed by atoms with van der Waals surface area (Å²) in [5.74, 6) is 0.561. The Bertz CT molecular complexity index is 595. The van der Waals surface area contributed by atoms with Crippen LogP contribution in [0.15, 0.2) is 0 Å². The van der Waals surface area contributed by atoms with Gasteiger partial charge in [-0.3, -0.25) is 14.9 Å². The van der Waals surface area contributed by atoms with Crippen molar-refractivity contribution in [1.82, 2.24) is 15.3 Å². The molecule has 21 heavy (non-hydrogen) atoms. The number of amides is 2. The van der Waals surface area contributed by atoms with E-state index in [-0.39, 0.29) is 17.2 Å². The van der Waals surface area contributed by atoms with E-state index in [1.807, 2.05) is 20.8 Å². The first-order valence-corrected chi connectivity index (χ1v) is 7.21. The Kier molecular flexibility index (Phi) is 4.18. The molecule has 0 aromatic carbocycles. The first-order valence-electron chi connectivity index (χ1n) is 6.83. The highest BCUT2D eigenvalue weighted by Crippen LogP contribution is 2.27. The van der Waals surface area contributed by atoms with Crippen molar-refractivity contribution in [3.05, 3.63) is 16.5 Å². The van der Waals surface area contributed by atoms with Gasteiger partial charge in [0.25, 0.3) is 0 Å². The quantitative estimate of drug-likeness (QED) is 0.644. The lowest BCUT2D eigenvalue weighted by molar-refractivity contribution is -0.133. The van der Waals surface area contributed by atoms with E-state index in [0.29, 0.717) is 35.2 Å². The van der Waals surface area contributed by atoms with Crippen molar-refractivity contribution < 1.29 is 9.59 Å². The van der Waals surface area contributed by atoms with Crippen LogP contribution in [0.25, 0.3) is 0 Å². The summed E-state index contributed by atoms with van der Waals surface area (Å²) in [6, 6.07) is -0.486. The summed E-state index contributed by atoms with van der Waals surface area (Å²) in [5.41, 5.74) is 0.438. The van der Waals surface area contributed by atoms with Gasteiger partial charge >= 0.3 is 0 Å². The highest BCUT2D eigenvalue weighted by Gasteiger charge is 2.28. The van der Waals surface area contributed by atoms with Gasteiger partial charge in [-0.25, -0.2) is 9.97 Å².